The first-order valence-electron chi connectivity index (χ1n) is 7.55. The van der Waals surface area contributed by atoms with Gasteiger partial charge in [-0.3, -0.25) is 4.98 Å². The Morgan fingerprint density at radius 1 is 1.45 bits per heavy atom. The molecular weight excluding hydrogens is 266 g/mol. The molecule has 1 aromatic heterocycles. The minimum atomic E-state index is 0.431. The van der Waals surface area contributed by atoms with Gasteiger partial charge in [0.2, 0.25) is 0 Å². The molecule has 2 rings (SSSR count). The van der Waals surface area contributed by atoms with Crippen LogP contribution in [-0.2, 0) is 0 Å². The normalized spacial score (nSPS) is 22.6. The van der Waals surface area contributed by atoms with Gasteiger partial charge in [-0.1, -0.05) is 38.4 Å². The second kappa shape index (κ2) is 6.53. The highest BCUT2D eigenvalue weighted by Crippen LogP contribution is 2.30. The third kappa shape index (κ3) is 3.48. The van der Waals surface area contributed by atoms with E-state index in [0.717, 1.165) is 28.6 Å². The standard InChI is InChI=1S/C16H25N3S/c1-4-12-6-5-7-13(9-12)19-14-8-10(2)18-11(3)15(14)16(17)20/h8,12-13H,4-7,9H2,1-3H3,(H2,17,20)(H,18,19). The zero-order valence-electron chi connectivity index (χ0n) is 12.7. The van der Waals surface area contributed by atoms with E-state index in [9.17, 15) is 0 Å². The topological polar surface area (TPSA) is 50.9 Å². The van der Waals surface area contributed by atoms with Crippen LogP contribution in [-0.4, -0.2) is 16.0 Å². The maximum atomic E-state index is 5.88. The van der Waals surface area contributed by atoms with E-state index in [1.54, 1.807) is 0 Å². The fourth-order valence-corrected chi connectivity index (χ4v) is 3.52. The molecule has 1 saturated carbocycles. The van der Waals surface area contributed by atoms with Crippen molar-refractivity contribution in [2.75, 3.05) is 5.32 Å². The van der Waals surface area contributed by atoms with E-state index in [2.05, 4.69) is 23.3 Å². The second-order valence-corrected chi connectivity index (χ2v) is 6.36. The molecule has 20 heavy (non-hydrogen) atoms. The van der Waals surface area contributed by atoms with Crippen LogP contribution in [0.3, 0.4) is 0 Å². The van der Waals surface area contributed by atoms with Gasteiger partial charge in [-0.15, -0.1) is 0 Å². The van der Waals surface area contributed by atoms with Crippen LogP contribution in [0.1, 0.15) is 56.0 Å². The SMILES string of the molecule is CCC1CCCC(Nc2cc(C)nc(C)c2C(N)=S)C1. The molecule has 3 nitrogen and oxygen atoms in total. The summed E-state index contributed by atoms with van der Waals surface area (Å²) in [5.74, 6) is 0.846. The molecule has 2 unspecified atom stereocenters. The third-order valence-corrected chi connectivity index (χ3v) is 4.50. The lowest BCUT2D eigenvalue weighted by Crippen LogP contribution is -2.28. The number of anilines is 1. The van der Waals surface area contributed by atoms with Crippen molar-refractivity contribution in [2.24, 2.45) is 11.7 Å². The summed E-state index contributed by atoms with van der Waals surface area (Å²) in [6.45, 7) is 6.27. The van der Waals surface area contributed by atoms with E-state index in [4.69, 9.17) is 18.0 Å². The average Bonchev–Trinajstić information content (AvgIpc) is 2.37. The number of hydrogen-bond donors (Lipinski definition) is 2. The van der Waals surface area contributed by atoms with Gasteiger partial charge in [0.1, 0.15) is 4.99 Å². The third-order valence-electron chi connectivity index (χ3n) is 4.29. The van der Waals surface area contributed by atoms with Crippen molar-refractivity contribution in [3.8, 4) is 0 Å². The second-order valence-electron chi connectivity index (χ2n) is 5.92. The molecule has 2 atom stereocenters. The monoisotopic (exact) mass is 291 g/mol. The Labute approximate surface area is 127 Å². The predicted molar refractivity (Wildman–Crippen MR) is 89.3 cm³/mol. The highest BCUT2D eigenvalue weighted by atomic mass is 32.1. The molecule has 1 fully saturated rings. The summed E-state index contributed by atoms with van der Waals surface area (Å²) in [5, 5.41) is 3.67. The predicted octanol–water partition coefficient (Wildman–Crippen LogP) is 3.71. The van der Waals surface area contributed by atoms with Crippen molar-refractivity contribution < 1.29 is 0 Å². The first kappa shape index (κ1) is 15.2. The van der Waals surface area contributed by atoms with E-state index in [1.165, 1.54) is 32.1 Å². The van der Waals surface area contributed by atoms with Crippen molar-refractivity contribution in [1.29, 1.82) is 0 Å². The van der Waals surface area contributed by atoms with Crippen molar-refractivity contribution in [3.05, 3.63) is 23.0 Å². The number of nitrogens with one attached hydrogen (secondary N) is 1. The lowest BCUT2D eigenvalue weighted by Gasteiger charge is -2.30. The molecule has 0 aromatic carbocycles. The van der Waals surface area contributed by atoms with Gasteiger partial charge >= 0.3 is 0 Å². The number of thiocarbonyl (C=S) groups is 1. The molecule has 1 heterocycles. The molecule has 1 aliphatic carbocycles. The molecule has 1 aliphatic rings. The van der Waals surface area contributed by atoms with Gasteiger partial charge in [0.15, 0.2) is 0 Å². The van der Waals surface area contributed by atoms with E-state index in [-0.39, 0.29) is 0 Å². The van der Waals surface area contributed by atoms with Crippen LogP contribution in [0.2, 0.25) is 0 Å². The lowest BCUT2D eigenvalue weighted by atomic mass is 9.84. The number of aryl methyl sites for hydroxylation is 2. The molecule has 1 aromatic rings. The van der Waals surface area contributed by atoms with E-state index < -0.39 is 0 Å². The van der Waals surface area contributed by atoms with Gasteiger partial charge in [-0.05, 0) is 38.7 Å². The molecule has 0 aliphatic heterocycles. The minimum Gasteiger partial charge on any atom is -0.389 e. The van der Waals surface area contributed by atoms with Crippen LogP contribution in [0.5, 0.6) is 0 Å². The van der Waals surface area contributed by atoms with E-state index in [0.29, 0.717) is 11.0 Å². The Bertz CT molecular complexity index is 499. The Morgan fingerprint density at radius 2 is 2.20 bits per heavy atom. The van der Waals surface area contributed by atoms with Crippen LogP contribution in [0.4, 0.5) is 5.69 Å². The van der Waals surface area contributed by atoms with Gasteiger partial charge in [0.05, 0.1) is 5.56 Å². The molecule has 0 amide bonds. The highest BCUT2D eigenvalue weighted by molar-refractivity contribution is 7.80. The quantitative estimate of drug-likeness (QED) is 0.830. The molecular formula is C16H25N3S. The van der Waals surface area contributed by atoms with Gasteiger partial charge in [0.25, 0.3) is 0 Å². The molecule has 3 N–H and O–H groups in total. The van der Waals surface area contributed by atoms with Crippen molar-refractivity contribution in [1.82, 2.24) is 4.98 Å². The zero-order chi connectivity index (χ0) is 14.7. The fraction of sp³-hybridized carbons (Fsp3) is 0.625. The Kier molecular flexibility index (Phi) is 4.97. The number of nitrogens with zero attached hydrogens (tertiary/aromatic N) is 1. The van der Waals surface area contributed by atoms with E-state index >= 15 is 0 Å². The van der Waals surface area contributed by atoms with Gasteiger partial charge < -0.3 is 11.1 Å². The summed E-state index contributed by atoms with van der Waals surface area (Å²) < 4.78 is 0. The van der Waals surface area contributed by atoms with Crippen molar-refractivity contribution >= 4 is 22.9 Å². The number of rotatable bonds is 4. The summed E-state index contributed by atoms with van der Waals surface area (Å²) in [5.41, 5.74) is 9.77. The molecule has 0 spiro atoms. The maximum Gasteiger partial charge on any atom is 0.107 e. The molecule has 0 radical (unpaired) electrons. The molecule has 4 heteroatoms. The van der Waals surface area contributed by atoms with E-state index in [1.807, 2.05) is 13.8 Å². The Morgan fingerprint density at radius 3 is 2.85 bits per heavy atom. The smallest absolute Gasteiger partial charge is 0.107 e. The maximum absolute atomic E-state index is 5.88. The van der Waals surface area contributed by atoms with Gasteiger partial charge in [0, 0.05) is 23.1 Å². The fourth-order valence-electron chi connectivity index (χ4n) is 3.27. The zero-order valence-corrected chi connectivity index (χ0v) is 13.5. The molecule has 0 saturated heterocycles. The van der Waals surface area contributed by atoms with Gasteiger partial charge in [-0.2, -0.15) is 0 Å². The minimum absolute atomic E-state index is 0.431. The summed E-state index contributed by atoms with van der Waals surface area (Å²) in [7, 11) is 0. The average molecular weight is 291 g/mol. The summed E-state index contributed by atoms with van der Waals surface area (Å²) in [6, 6.07) is 2.60. The van der Waals surface area contributed by atoms with Crippen LogP contribution >= 0.6 is 12.2 Å². The largest absolute Gasteiger partial charge is 0.389 e. The number of aromatic nitrogens is 1. The number of pyridine rings is 1. The van der Waals surface area contributed by atoms with Gasteiger partial charge in [-0.25, -0.2) is 0 Å². The number of hydrogen-bond acceptors (Lipinski definition) is 3. The van der Waals surface area contributed by atoms with Crippen molar-refractivity contribution in [3.63, 3.8) is 0 Å². The highest BCUT2D eigenvalue weighted by Gasteiger charge is 2.22. The summed E-state index contributed by atoms with van der Waals surface area (Å²) >= 11 is 5.19. The van der Waals surface area contributed by atoms with Crippen molar-refractivity contribution in [2.45, 2.75) is 58.9 Å². The molecule has 110 valence electrons. The van der Waals surface area contributed by atoms with Crippen LogP contribution in [0.25, 0.3) is 0 Å². The first-order chi connectivity index (χ1) is 9.51. The Balaban J connectivity index is 2.22. The van der Waals surface area contributed by atoms with Crippen LogP contribution < -0.4 is 11.1 Å². The lowest BCUT2D eigenvalue weighted by molar-refractivity contribution is 0.327. The number of nitrogens with two attached hydrogens (primary N) is 1. The molecule has 0 bridgehead atoms. The summed E-state index contributed by atoms with van der Waals surface area (Å²) in [6.07, 6.45) is 6.42. The first-order valence-corrected chi connectivity index (χ1v) is 7.96. The van der Waals surface area contributed by atoms with Crippen LogP contribution in [0, 0.1) is 19.8 Å². The Hall–Kier alpha value is -1.16. The summed E-state index contributed by atoms with van der Waals surface area (Å²) in [4.78, 5) is 4.90. The van der Waals surface area contributed by atoms with Crippen LogP contribution in [0.15, 0.2) is 6.07 Å².